The molecule has 0 atom stereocenters. The van der Waals surface area contributed by atoms with E-state index in [4.69, 9.17) is 0 Å². The van der Waals surface area contributed by atoms with Crippen molar-refractivity contribution in [3.05, 3.63) is 64.1 Å². The average Bonchev–Trinajstić information content (AvgIpc) is 2.35. The molecular formula is C14H13FNO2S-. The Morgan fingerprint density at radius 1 is 0.947 bits per heavy atom. The van der Waals surface area contributed by atoms with Crippen molar-refractivity contribution in [2.24, 2.45) is 0 Å². The van der Waals surface area contributed by atoms with Gasteiger partial charge in [-0.1, -0.05) is 29.3 Å². The van der Waals surface area contributed by atoms with Crippen LogP contribution in [0.1, 0.15) is 11.1 Å². The van der Waals surface area contributed by atoms with Crippen LogP contribution in [0, 0.1) is 19.7 Å². The first-order valence-electron chi connectivity index (χ1n) is 5.70. The van der Waals surface area contributed by atoms with Crippen LogP contribution >= 0.6 is 0 Å². The number of nitrogens with zero attached hydrogens (tertiary/aromatic N) is 1. The van der Waals surface area contributed by atoms with Gasteiger partial charge in [-0.15, -0.1) is 5.69 Å². The van der Waals surface area contributed by atoms with Crippen molar-refractivity contribution in [2.45, 2.75) is 18.7 Å². The maximum atomic E-state index is 12.8. The van der Waals surface area contributed by atoms with Crippen LogP contribution in [-0.4, -0.2) is 8.42 Å². The first kappa shape index (κ1) is 13.5. The number of sulfonamides is 1. The summed E-state index contributed by atoms with van der Waals surface area (Å²) in [5, 5.41) is 0. The highest BCUT2D eigenvalue weighted by atomic mass is 32.2. The zero-order valence-corrected chi connectivity index (χ0v) is 11.4. The zero-order chi connectivity index (χ0) is 14.0. The summed E-state index contributed by atoms with van der Waals surface area (Å²) in [4.78, 5) is -0.0171. The standard InChI is InChI=1S/C14H13FNO2S/c1-10-4-3-5-11(2)14(10)16-19(17,18)13-8-6-12(15)7-9-13/h3-9H,1-2H3/q-1. The summed E-state index contributed by atoms with van der Waals surface area (Å²) in [6.07, 6.45) is 0. The van der Waals surface area contributed by atoms with E-state index >= 15 is 0 Å². The summed E-state index contributed by atoms with van der Waals surface area (Å²) in [5.41, 5.74) is 2.00. The summed E-state index contributed by atoms with van der Waals surface area (Å²) in [7, 11) is -3.82. The summed E-state index contributed by atoms with van der Waals surface area (Å²) in [6.45, 7) is 3.60. The fourth-order valence-corrected chi connectivity index (χ4v) is 2.84. The van der Waals surface area contributed by atoms with Crippen LogP contribution in [0.5, 0.6) is 0 Å². The third-order valence-corrected chi connectivity index (χ3v) is 4.05. The molecule has 0 heterocycles. The van der Waals surface area contributed by atoms with Crippen LogP contribution in [-0.2, 0) is 10.0 Å². The molecule has 0 radical (unpaired) electrons. The minimum Gasteiger partial charge on any atom is -0.572 e. The largest absolute Gasteiger partial charge is 0.572 e. The Balaban J connectivity index is 2.39. The maximum absolute atomic E-state index is 12.8. The maximum Gasteiger partial charge on any atom is 0.123 e. The monoisotopic (exact) mass is 278 g/mol. The Morgan fingerprint density at radius 2 is 1.47 bits per heavy atom. The predicted octanol–water partition coefficient (Wildman–Crippen LogP) is 3.84. The molecule has 0 aliphatic carbocycles. The average molecular weight is 278 g/mol. The minimum atomic E-state index is -3.82. The van der Waals surface area contributed by atoms with Crippen molar-refractivity contribution < 1.29 is 12.8 Å². The highest BCUT2D eigenvalue weighted by Crippen LogP contribution is 2.33. The molecule has 0 aliphatic heterocycles. The Kier molecular flexibility index (Phi) is 3.57. The lowest BCUT2D eigenvalue weighted by atomic mass is 10.1. The topological polar surface area (TPSA) is 48.2 Å². The van der Waals surface area contributed by atoms with Crippen LogP contribution in [0.15, 0.2) is 47.4 Å². The number of hydrogen-bond acceptors (Lipinski definition) is 2. The van der Waals surface area contributed by atoms with Gasteiger partial charge in [-0.2, -0.15) is 0 Å². The van der Waals surface area contributed by atoms with Crippen LogP contribution in [0.4, 0.5) is 10.1 Å². The highest BCUT2D eigenvalue weighted by Gasteiger charge is 2.06. The molecule has 19 heavy (non-hydrogen) atoms. The highest BCUT2D eigenvalue weighted by molar-refractivity contribution is 7.94. The van der Waals surface area contributed by atoms with Crippen LogP contribution < -0.4 is 0 Å². The lowest BCUT2D eigenvalue weighted by Crippen LogP contribution is -1.99. The molecule has 0 saturated heterocycles. The van der Waals surface area contributed by atoms with Crippen molar-refractivity contribution in [1.29, 1.82) is 0 Å². The van der Waals surface area contributed by atoms with E-state index in [0.717, 1.165) is 23.3 Å². The van der Waals surface area contributed by atoms with Crippen LogP contribution in [0.2, 0.25) is 0 Å². The van der Waals surface area contributed by atoms with Gasteiger partial charge in [-0.25, -0.2) is 12.8 Å². The van der Waals surface area contributed by atoms with Gasteiger partial charge in [0.25, 0.3) is 0 Å². The first-order valence-corrected chi connectivity index (χ1v) is 7.14. The van der Waals surface area contributed by atoms with E-state index in [0.29, 0.717) is 5.69 Å². The molecule has 0 aliphatic rings. The molecule has 2 rings (SSSR count). The second-order valence-corrected chi connectivity index (χ2v) is 5.86. The third-order valence-electron chi connectivity index (χ3n) is 2.76. The summed E-state index contributed by atoms with van der Waals surface area (Å²) < 4.78 is 40.9. The fourth-order valence-electron chi connectivity index (χ4n) is 1.73. The van der Waals surface area contributed by atoms with Crippen LogP contribution in [0.3, 0.4) is 0 Å². The van der Waals surface area contributed by atoms with Gasteiger partial charge in [0, 0.05) is 0 Å². The second kappa shape index (κ2) is 5.01. The molecule has 2 aromatic rings. The van der Waals surface area contributed by atoms with Crippen molar-refractivity contribution in [3.8, 4) is 0 Å². The van der Waals surface area contributed by atoms with Gasteiger partial charge in [0.05, 0.1) is 4.90 Å². The van der Waals surface area contributed by atoms with Crippen LogP contribution in [0.25, 0.3) is 4.72 Å². The quantitative estimate of drug-likeness (QED) is 0.856. The first-order chi connectivity index (χ1) is 8.90. The Hall–Kier alpha value is -1.88. The molecule has 0 amide bonds. The number of aryl methyl sites for hydroxylation is 2. The Bertz CT molecular complexity index is 674. The Morgan fingerprint density at radius 3 is 2.00 bits per heavy atom. The molecule has 0 saturated carbocycles. The lowest BCUT2D eigenvalue weighted by molar-refractivity contribution is 0.601. The predicted molar refractivity (Wildman–Crippen MR) is 72.5 cm³/mol. The van der Waals surface area contributed by atoms with E-state index in [2.05, 4.69) is 4.72 Å². The van der Waals surface area contributed by atoms with Gasteiger partial charge in [0.15, 0.2) is 0 Å². The van der Waals surface area contributed by atoms with Gasteiger partial charge < -0.3 is 4.72 Å². The number of benzene rings is 2. The normalized spacial score (nSPS) is 11.3. The van der Waals surface area contributed by atoms with Crippen molar-refractivity contribution in [3.63, 3.8) is 0 Å². The lowest BCUT2D eigenvalue weighted by Gasteiger charge is -2.26. The van der Waals surface area contributed by atoms with E-state index in [9.17, 15) is 12.8 Å². The van der Waals surface area contributed by atoms with E-state index in [1.807, 2.05) is 6.07 Å². The molecule has 0 fully saturated rings. The van der Waals surface area contributed by atoms with E-state index in [1.54, 1.807) is 26.0 Å². The molecule has 5 heteroatoms. The van der Waals surface area contributed by atoms with Gasteiger partial charge in [0.2, 0.25) is 0 Å². The van der Waals surface area contributed by atoms with Gasteiger partial charge in [-0.05, 0) is 38.1 Å². The molecule has 0 spiro atoms. The SMILES string of the molecule is Cc1cccc(C)c1[N-]S(=O)(=O)c1ccc(F)cc1. The zero-order valence-electron chi connectivity index (χ0n) is 10.6. The molecule has 0 aromatic heterocycles. The third kappa shape index (κ3) is 2.93. The minimum absolute atomic E-state index is 0.0171. The van der Waals surface area contributed by atoms with Crippen molar-refractivity contribution in [2.75, 3.05) is 0 Å². The van der Waals surface area contributed by atoms with Crippen molar-refractivity contribution in [1.82, 2.24) is 0 Å². The van der Waals surface area contributed by atoms with Gasteiger partial charge in [-0.3, -0.25) is 0 Å². The van der Waals surface area contributed by atoms with E-state index < -0.39 is 15.8 Å². The van der Waals surface area contributed by atoms with Gasteiger partial charge in [0.1, 0.15) is 15.8 Å². The molecule has 0 bridgehead atoms. The van der Waals surface area contributed by atoms with Gasteiger partial charge >= 0.3 is 0 Å². The summed E-state index contributed by atoms with van der Waals surface area (Å²) in [6, 6.07) is 10.1. The smallest absolute Gasteiger partial charge is 0.123 e. The number of rotatable bonds is 3. The van der Waals surface area contributed by atoms with Crippen molar-refractivity contribution >= 4 is 15.7 Å². The number of halogens is 1. The molecule has 3 nitrogen and oxygen atoms in total. The fraction of sp³-hybridized carbons (Fsp3) is 0.143. The summed E-state index contributed by atoms with van der Waals surface area (Å²) in [5.74, 6) is -0.481. The second-order valence-electron chi connectivity index (χ2n) is 4.26. The molecular weight excluding hydrogens is 265 g/mol. The molecule has 0 N–H and O–H groups in total. The number of hydrogen-bond donors (Lipinski definition) is 0. The Labute approximate surface area is 112 Å². The molecule has 100 valence electrons. The molecule has 2 aromatic carbocycles. The molecule has 0 unspecified atom stereocenters. The summed E-state index contributed by atoms with van der Waals surface area (Å²) >= 11 is 0. The van der Waals surface area contributed by atoms with E-state index in [-0.39, 0.29) is 4.90 Å². The van der Waals surface area contributed by atoms with E-state index in [1.165, 1.54) is 12.1 Å².